The summed E-state index contributed by atoms with van der Waals surface area (Å²) < 4.78 is 4.98. The first-order valence-electron chi connectivity index (χ1n) is 4.47. The second kappa shape index (κ2) is 4.06. The van der Waals surface area contributed by atoms with Crippen LogP contribution in [0.1, 0.15) is 27.7 Å². The maximum absolute atomic E-state index is 11.5. The van der Waals surface area contributed by atoms with Gasteiger partial charge in [-0.1, -0.05) is 0 Å². The van der Waals surface area contributed by atoms with Crippen molar-refractivity contribution in [1.29, 1.82) is 0 Å². The molecule has 1 unspecified atom stereocenters. The van der Waals surface area contributed by atoms with Gasteiger partial charge in [0.05, 0.1) is 0 Å². The molecule has 0 aliphatic heterocycles. The van der Waals surface area contributed by atoms with E-state index in [0.29, 0.717) is 0 Å². The minimum absolute atomic E-state index is 0.681. The van der Waals surface area contributed by atoms with Gasteiger partial charge in [-0.25, -0.2) is 9.59 Å². The molecule has 0 heterocycles. The largest absolute Gasteiger partial charge is 0.478 e. The SMILES string of the molecule is CN(C(=O)OC(C)(C)C)C(C)(N)C(=O)O. The van der Waals surface area contributed by atoms with Gasteiger partial charge in [0.25, 0.3) is 0 Å². The highest BCUT2D eigenvalue weighted by atomic mass is 16.6. The van der Waals surface area contributed by atoms with Crippen molar-refractivity contribution in [2.45, 2.75) is 39.0 Å². The van der Waals surface area contributed by atoms with Gasteiger partial charge in [0.2, 0.25) is 0 Å². The Balaban J connectivity index is 4.66. The summed E-state index contributed by atoms with van der Waals surface area (Å²) >= 11 is 0. The number of nitrogens with zero attached hydrogens (tertiary/aromatic N) is 1. The Morgan fingerprint density at radius 3 is 1.93 bits per heavy atom. The first kappa shape index (κ1) is 13.7. The van der Waals surface area contributed by atoms with Gasteiger partial charge >= 0.3 is 12.1 Å². The van der Waals surface area contributed by atoms with Crippen molar-refractivity contribution in [3.05, 3.63) is 0 Å². The van der Waals surface area contributed by atoms with E-state index < -0.39 is 23.3 Å². The minimum atomic E-state index is -1.78. The first-order valence-corrected chi connectivity index (χ1v) is 4.47. The number of carbonyl (C=O) groups excluding carboxylic acids is 1. The van der Waals surface area contributed by atoms with Gasteiger partial charge in [-0.05, 0) is 27.7 Å². The van der Waals surface area contributed by atoms with Crippen molar-refractivity contribution >= 4 is 12.1 Å². The summed E-state index contributed by atoms with van der Waals surface area (Å²) in [4.78, 5) is 23.1. The average molecular weight is 218 g/mol. The highest BCUT2D eigenvalue weighted by Crippen LogP contribution is 2.13. The van der Waals surface area contributed by atoms with Crippen molar-refractivity contribution in [2.75, 3.05) is 7.05 Å². The van der Waals surface area contributed by atoms with E-state index in [1.165, 1.54) is 14.0 Å². The third-order valence-electron chi connectivity index (χ3n) is 1.80. The van der Waals surface area contributed by atoms with Crippen LogP contribution in [-0.4, -0.2) is 40.4 Å². The van der Waals surface area contributed by atoms with E-state index >= 15 is 0 Å². The molecule has 0 bridgehead atoms. The summed E-state index contributed by atoms with van der Waals surface area (Å²) in [6.07, 6.45) is -0.769. The molecule has 0 rings (SSSR count). The van der Waals surface area contributed by atoms with Crippen LogP contribution in [0, 0.1) is 0 Å². The number of amides is 1. The fraction of sp³-hybridized carbons (Fsp3) is 0.778. The Kier molecular flexibility index (Phi) is 3.71. The van der Waals surface area contributed by atoms with Gasteiger partial charge in [0.15, 0.2) is 5.66 Å². The predicted octanol–water partition coefficient (Wildman–Crippen LogP) is 0.613. The molecule has 88 valence electrons. The lowest BCUT2D eigenvalue weighted by Gasteiger charge is -2.32. The molecule has 6 nitrogen and oxygen atoms in total. The summed E-state index contributed by atoms with van der Waals surface area (Å²) in [5, 5.41) is 8.78. The molecule has 0 aliphatic rings. The molecular formula is C9H18N2O4. The van der Waals surface area contributed by atoms with E-state index in [-0.39, 0.29) is 0 Å². The van der Waals surface area contributed by atoms with Crippen molar-refractivity contribution < 1.29 is 19.4 Å². The number of likely N-dealkylation sites (N-methyl/N-ethyl adjacent to an activating group) is 1. The number of rotatable bonds is 2. The highest BCUT2D eigenvalue weighted by molar-refractivity contribution is 5.83. The molecule has 0 radical (unpaired) electrons. The van der Waals surface area contributed by atoms with Crippen LogP contribution in [-0.2, 0) is 9.53 Å². The summed E-state index contributed by atoms with van der Waals surface area (Å²) in [7, 11) is 1.28. The van der Waals surface area contributed by atoms with E-state index in [2.05, 4.69) is 0 Å². The fourth-order valence-corrected chi connectivity index (χ4v) is 0.663. The van der Waals surface area contributed by atoms with Crippen LogP contribution in [0.2, 0.25) is 0 Å². The van der Waals surface area contributed by atoms with Crippen LogP contribution in [0.15, 0.2) is 0 Å². The van der Waals surface area contributed by atoms with E-state index in [9.17, 15) is 9.59 Å². The molecule has 0 aromatic rings. The lowest BCUT2D eigenvalue weighted by atomic mass is 10.2. The van der Waals surface area contributed by atoms with Gasteiger partial charge in [-0.15, -0.1) is 0 Å². The zero-order chi connectivity index (χ0) is 12.4. The lowest BCUT2D eigenvalue weighted by molar-refractivity contribution is -0.149. The Hall–Kier alpha value is -1.30. The maximum Gasteiger partial charge on any atom is 0.411 e. The predicted molar refractivity (Wildman–Crippen MR) is 54.2 cm³/mol. The quantitative estimate of drug-likeness (QED) is 0.662. The van der Waals surface area contributed by atoms with Crippen molar-refractivity contribution in [2.24, 2.45) is 5.73 Å². The second-order valence-electron chi connectivity index (χ2n) is 4.49. The second-order valence-corrected chi connectivity index (χ2v) is 4.49. The van der Waals surface area contributed by atoms with Crippen LogP contribution in [0.4, 0.5) is 4.79 Å². The lowest BCUT2D eigenvalue weighted by Crippen LogP contribution is -2.60. The van der Waals surface area contributed by atoms with Crippen LogP contribution >= 0.6 is 0 Å². The van der Waals surface area contributed by atoms with Crippen molar-refractivity contribution in [3.63, 3.8) is 0 Å². The van der Waals surface area contributed by atoms with E-state index in [0.717, 1.165) is 4.90 Å². The van der Waals surface area contributed by atoms with Gasteiger partial charge in [0.1, 0.15) is 5.60 Å². The number of ether oxygens (including phenoxy) is 1. The molecular weight excluding hydrogens is 200 g/mol. The number of nitrogens with two attached hydrogens (primary N) is 1. The van der Waals surface area contributed by atoms with Crippen LogP contribution in [0.3, 0.4) is 0 Å². The summed E-state index contributed by atoms with van der Waals surface area (Å²) in [5.74, 6) is -1.30. The van der Waals surface area contributed by atoms with Crippen molar-refractivity contribution in [1.82, 2.24) is 4.90 Å². The maximum atomic E-state index is 11.5. The normalized spacial score (nSPS) is 15.3. The summed E-state index contributed by atoms with van der Waals surface area (Å²) in [6, 6.07) is 0. The molecule has 0 saturated carbocycles. The zero-order valence-electron chi connectivity index (χ0n) is 9.70. The van der Waals surface area contributed by atoms with Gasteiger partial charge < -0.3 is 9.84 Å². The van der Waals surface area contributed by atoms with Crippen LogP contribution in [0.5, 0.6) is 0 Å². The Labute approximate surface area is 89.0 Å². The molecule has 1 atom stereocenters. The molecule has 0 aromatic carbocycles. The first-order chi connectivity index (χ1) is 6.48. The minimum Gasteiger partial charge on any atom is -0.478 e. The van der Waals surface area contributed by atoms with Gasteiger partial charge in [0, 0.05) is 7.05 Å². The molecule has 3 N–H and O–H groups in total. The van der Waals surface area contributed by atoms with E-state index in [1.54, 1.807) is 20.8 Å². The Bertz CT molecular complexity index is 268. The number of aliphatic carboxylic acids is 1. The Morgan fingerprint density at radius 2 is 1.67 bits per heavy atom. The third-order valence-corrected chi connectivity index (χ3v) is 1.80. The van der Waals surface area contributed by atoms with Crippen LogP contribution < -0.4 is 5.73 Å². The molecule has 6 heteroatoms. The van der Waals surface area contributed by atoms with Gasteiger partial charge in [-0.3, -0.25) is 10.6 Å². The number of carboxylic acids is 1. The fourth-order valence-electron chi connectivity index (χ4n) is 0.663. The Morgan fingerprint density at radius 1 is 1.27 bits per heavy atom. The molecule has 0 spiro atoms. The topological polar surface area (TPSA) is 92.9 Å². The third kappa shape index (κ3) is 3.75. The highest BCUT2D eigenvalue weighted by Gasteiger charge is 2.38. The van der Waals surface area contributed by atoms with Gasteiger partial charge in [-0.2, -0.15) is 0 Å². The molecule has 0 aliphatic carbocycles. The smallest absolute Gasteiger partial charge is 0.411 e. The van der Waals surface area contributed by atoms with Crippen LogP contribution in [0.25, 0.3) is 0 Å². The molecule has 0 aromatic heterocycles. The van der Waals surface area contributed by atoms with E-state index in [1.807, 2.05) is 0 Å². The number of hydrogen-bond donors (Lipinski definition) is 2. The number of carbonyl (C=O) groups is 2. The average Bonchev–Trinajstić information content (AvgIpc) is 1.99. The zero-order valence-corrected chi connectivity index (χ0v) is 9.70. The van der Waals surface area contributed by atoms with Crippen molar-refractivity contribution in [3.8, 4) is 0 Å². The molecule has 1 amide bonds. The number of hydrogen-bond acceptors (Lipinski definition) is 4. The summed E-state index contributed by atoms with van der Waals surface area (Å²) in [6.45, 7) is 6.29. The standard InChI is InChI=1S/C9H18N2O4/c1-8(2,3)15-7(14)11(5)9(4,10)6(12)13/h10H2,1-5H3,(H,12,13). The molecule has 0 fully saturated rings. The monoisotopic (exact) mass is 218 g/mol. The molecule has 0 saturated heterocycles. The van der Waals surface area contributed by atoms with E-state index in [4.69, 9.17) is 15.6 Å². The summed E-state index contributed by atoms with van der Waals surface area (Å²) in [5.41, 5.74) is 2.99. The molecule has 15 heavy (non-hydrogen) atoms. The number of carboxylic acid groups (broad SMARTS) is 1.